The van der Waals surface area contributed by atoms with E-state index in [0.29, 0.717) is 5.69 Å². The second-order valence-electron chi connectivity index (χ2n) is 3.71. The van der Waals surface area contributed by atoms with Crippen molar-refractivity contribution in [3.63, 3.8) is 0 Å². The van der Waals surface area contributed by atoms with Gasteiger partial charge in [0.2, 0.25) is 0 Å². The maximum Gasteiger partial charge on any atom is 0.265 e. The summed E-state index contributed by atoms with van der Waals surface area (Å²) >= 11 is 0. The number of oxime groups is 1. The number of nitrogens with zero attached hydrogens (tertiary/aromatic N) is 1. The predicted octanol–water partition coefficient (Wildman–Crippen LogP) is 2.15. The molecule has 1 heterocycles. The van der Waals surface area contributed by atoms with E-state index in [4.69, 9.17) is 0 Å². The standard InChI is InChI=1S/C12H12N2O3S/c1-10-4-6-11(7-5-10)14-18(15,16)12-3-2-8-13-17-9-12/h2-9,14H,1H3. The van der Waals surface area contributed by atoms with Gasteiger partial charge in [0.1, 0.15) is 11.2 Å². The molecule has 5 nitrogen and oxygen atoms in total. The molecule has 0 amide bonds. The van der Waals surface area contributed by atoms with Crippen LogP contribution in [0, 0.1) is 6.92 Å². The van der Waals surface area contributed by atoms with Gasteiger partial charge >= 0.3 is 0 Å². The molecule has 0 fully saturated rings. The van der Waals surface area contributed by atoms with E-state index in [1.165, 1.54) is 18.4 Å². The Labute approximate surface area is 106 Å². The zero-order chi connectivity index (χ0) is 13.0. The van der Waals surface area contributed by atoms with E-state index < -0.39 is 10.0 Å². The van der Waals surface area contributed by atoms with Gasteiger partial charge in [0.15, 0.2) is 0 Å². The maximum atomic E-state index is 12.0. The largest absolute Gasteiger partial charge is 0.363 e. The summed E-state index contributed by atoms with van der Waals surface area (Å²) in [7, 11) is -3.65. The summed E-state index contributed by atoms with van der Waals surface area (Å²) in [5.41, 5.74) is 1.56. The molecular formula is C12H12N2O3S. The molecule has 1 aromatic rings. The maximum absolute atomic E-state index is 12.0. The molecular weight excluding hydrogens is 252 g/mol. The second-order valence-corrected chi connectivity index (χ2v) is 5.39. The van der Waals surface area contributed by atoms with Crippen LogP contribution in [0.15, 0.2) is 52.7 Å². The number of aryl methyl sites for hydroxylation is 1. The minimum absolute atomic E-state index is 0.0144. The van der Waals surface area contributed by atoms with Gasteiger partial charge in [0, 0.05) is 5.69 Å². The molecule has 0 radical (unpaired) electrons. The molecule has 0 saturated heterocycles. The molecule has 1 N–H and O–H groups in total. The highest BCUT2D eigenvalue weighted by Gasteiger charge is 2.16. The number of hydrogen-bond donors (Lipinski definition) is 1. The summed E-state index contributed by atoms with van der Waals surface area (Å²) in [6.45, 7) is 1.93. The van der Waals surface area contributed by atoms with E-state index in [0.717, 1.165) is 11.8 Å². The van der Waals surface area contributed by atoms with Crippen LogP contribution in [-0.4, -0.2) is 14.6 Å². The van der Waals surface area contributed by atoms with Gasteiger partial charge in [0.25, 0.3) is 10.0 Å². The first kappa shape index (κ1) is 12.4. The van der Waals surface area contributed by atoms with Crippen LogP contribution in [0.5, 0.6) is 0 Å². The molecule has 0 spiro atoms. The normalized spacial score (nSPS) is 14.6. The van der Waals surface area contributed by atoms with Crippen molar-refractivity contribution in [2.75, 3.05) is 4.72 Å². The second kappa shape index (κ2) is 5.05. The summed E-state index contributed by atoms with van der Waals surface area (Å²) in [5, 5.41) is 3.47. The van der Waals surface area contributed by atoms with Crippen molar-refractivity contribution in [1.82, 2.24) is 0 Å². The van der Waals surface area contributed by atoms with Gasteiger partial charge in [-0.1, -0.05) is 22.9 Å². The fourth-order valence-electron chi connectivity index (χ4n) is 1.32. The van der Waals surface area contributed by atoms with Gasteiger partial charge in [-0.2, -0.15) is 0 Å². The fraction of sp³-hybridized carbons (Fsp3) is 0.0833. The van der Waals surface area contributed by atoms with E-state index in [-0.39, 0.29) is 4.91 Å². The molecule has 0 saturated carbocycles. The molecule has 2 rings (SSSR count). The molecule has 0 aliphatic carbocycles. The van der Waals surface area contributed by atoms with Gasteiger partial charge in [-0.15, -0.1) is 0 Å². The van der Waals surface area contributed by atoms with Gasteiger partial charge in [-0.25, -0.2) is 8.42 Å². The van der Waals surface area contributed by atoms with E-state index in [9.17, 15) is 8.42 Å². The average molecular weight is 264 g/mol. The highest BCUT2D eigenvalue weighted by Crippen LogP contribution is 2.16. The van der Waals surface area contributed by atoms with Crippen LogP contribution in [0.2, 0.25) is 0 Å². The average Bonchev–Trinajstić information content (AvgIpc) is 2.61. The summed E-state index contributed by atoms with van der Waals surface area (Å²) in [6.07, 6.45) is 5.35. The molecule has 1 aromatic carbocycles. The van der Waals surface area contributed by atoms with Crippen molar-refractivity contribution in [2.45, 2.75) is 6.92 Å². The minimum atomic E-state index is -3.65. The van der Waals surface area contributed by atoms with E-state index in [1.54, 1.807) is 12.1 Å². The number of anilines is 1. The van der Waals surface area contributed by atoms with Gasteiger partial charge in [-0.3, -0.25) is 4.72 Å². The lowest BCUT2D eigenvalue weighted by molar-refractivity contribution is 0.270. The Bertz CT molecular complexity index is 613. The first-order valence-corrected chi connectivity index (χ1v) is 6.72. The Kier molecular flexibility index (Phi) is 3.47. The van der Waals surface area contributed by atoms with Crippen LogP contribution in [0.1, 0.15) is 5.56 Å². The topological polar surface area (TPSA) is 67.8 Å². The first-order valence-electron chi connectivity index (χ1n) is 5.23. The van der Waals surface area contributed by atoms with Crippen molar-refractivity contribution in [3.8, 4) is 0 Å². The van der Waals surface area contributed by atoms with E-state index in [2.05, 4.69) is 14.7 Å². The third-order valence-electron chi connectivity index (χ3n) is 2.25. The zero-order valence-corrected chi connectivity index (χ0v) is 10.5. The first-order chi connectivity index (χ1) is 8.58. The quantitative estimate of drug-likeness (QED) is 0.909. The van der Waals surface area contributed by atoms with Crippen molar-refractivity contribution in [2.24, 2.45) is 5.16 Å². The number of allylic oxidation sites excluding steroid dienone is 2. The monoisotopic (exact) mass is 264 g/mol. The Balaban J connectivity index is 2.22. The third kappa shape index (κ3) is 2.98. The number of sulfonamides is 1. The number of nitrogens with one attached hydrogen (secondary N) is 1. The minimum Gasteiger partial charge on any atom is -0.363 e. The van der Waals surface area contributed by atoms with Crippen LogP contribution in [0.4, 0.5) is 5.69 Å². The Hall–Kier alpha value is -2.08. The molecule has 0 unspecified atom stereocenters. The molecule has 1 aliphatic heterocycles. The molecule has 1 aliphatic rings. The predicted molar refractivity (Wildman–Crippen MR) is 70.5 cm³/mol. The Morgan fingerprint density at radius 2 is 1.94 bits per heavy atom. The number of benzene rings is 1. The fourth-order valence-corrected chi connectivity index (χ4v) is 2.31. The van der Waals surface area contributed by atoms with Gasteiger partial charge in [-0.05, 0) is 31.2 Å². The van der Waals surface area contributed by atoms with Crippen LogP contribution >= 0.6 is 0 Å². The van der Waals surface area contributed by atoms with Crippen molar-refractivity contribution < 1.29 is 13.3 Å². The lowest BCUT2D eigenvalue weighted by atomic mass is 10.2. The SMILES string of the molecule is Cc1ccc(NS(=O)(=O)C2=CON=CC=C2)cc1. The number of rotatable bonds is 3. The summed E-state index contributed by atoms with van der Waals surface area (Å²) in [6, 6.07) is 7.06. The molecule has 94 valence electrons. The molecule has 0 aromatic heterocycles. The lowest BCUT2D eigenvalue weighted by Gasteiger charge is -2.08. The van der Waals surface area contributed by atoms with Crippen molar-refractivity contribution >= 4 is 21.9 Å². The Morgan fingerprint density at radius 1 is 1.22 bits per heavy atom. The molecule has 18 heavy (non-hydrogen) atoms. The van der Waals surface area contributed by atoms with Crippen molar-refractivity contribution in [1.29, 1.82) is 0 Å². The zero-order valence-electron chi connectivity index (χ0n) is 9.70. The summed E-state index contributed by atoms with van der Waals surface area (Å²) in [4.78, 5) is 4.69. The highest BCUT2D eigenvalue weighted by molar-refractivity contribution is 7.96. The van der Waals surface area contributed by atoms with E-state index >= 15 is 0 Å². The third-order valence-corrected chi connectivity index (χ3v) is 3.61. The van der Waals surface area contributed by atoms with Crippen molar-refractivity contribution in [3.05, 3.63) is 53.1 Å². The summed E-state index contributed by atoms with van der Waals surface area (Å²) in [5.74, 6) is 0. The smallest absolute Gasteiger partial charge is 0.265 e. The molecule has 0 bridgehead atoms. The number of hydrogen-bond acceptors (Lipinski definition) is 4. The van der Waals surface area contributed by atoms with Gasteiger partial charge in [0.05, 0.1) is 6.21 Å². The molecule has 6 heteroatoms. The van der Waals surface area contributed by atoms with E-state index in [1.807, 2.05) is 19.1 Å². The Morgan fingerprint density at radius 3 is 2.67 bits per heavy atom. The van der Waals surface area contributed by atoms with Crippen LogP contribution in [0.3, 0.4) is 0 Å². The van der Waals surface area contributed by atoms with Gasteiger partial charge < -0.3 is 4.84 Å². The van der Waals surface area contributed by atoms with Crippen LogP contribution < -0.4 is 4.72 Å². The lowest BCUT2D eigenvalue weighted by Crippen LogP contribution is -2.14. The van der Waals surface area contributed by atoms with Crippen LogP contribution in [0.25, 0.3) is 0 Å². The van der Waals surface area contributed by atoms with Crippen LogP contribution in [-0.2, 0) is 14.9 Å². The highest BCUT2D eigenvalue weighted by atomic mass is 32.2. The summed E-state index contributed by atoms with van der Waals surface area (Å²) < 4.78 is 26.5. The molecule has 0 atom stereocenters.